The van der Waals surface area contributed by atoms with Crippen molar-refractivity contribution in [1.82, 2.24) is 9.88 Å². The molecule has 0 aliphatic carbocycles. The van der Waals surface area contributed by atoms with Crippen LogP contribution in [0.2, 0.25) is 0 Å². The first kappa shape index (κ1) is 24.2. The third kappa shape index (κ3) is 4.32. The maximum absolute atomic E-state index is 13.7. The van der Waals surface area contributed by atoms with E-state index in [1.165, 1.54) is 37.6 Å². The number of hydrogen-bond donors (Lipinski definition) is 0. The molecule has 0 fully saturated rings. The largest absolute Gasteiger partial charge is 0.868 e. The Bertz CT molecular complexity index is 1290. The summed E-state index contributed by atoms with van der Waals surface area (Å²) in [6.07, 6.45) is 3.48. The van der Waals surface area contributed by atoms with Gasteiger partial charge in [0.1, 0.15) is 0 Å². The second kappa shape index (κ2) is 9.75. The number of carbonyl (C=O) groups excluding carboxylic acids is 2. The Morgan fingerprint density at radius 3 is 2.37 bits per heavy atom. The molecule has 1 unspecified atom stereocenters. The molecular weight excluding hydrogens is 470 g/mol. The highest BCUT2D eigenvalue weighted by atomic mass is 32.1. The maximum Gasteiger partial charge on any atom is 0.240 e. The minimum atomic E-state index is -0.960. The number of ether oxygens (including phenoxy) is 3. The van der Waals surface area contributed by atoms with E-state index in [0.717, 1.165) is 5.56 Å². The van der Waals surface area contributed by atoms with Crippen molar-refractivity contribution >= 4 is 23.0 Å². The summed E-state index contributed by atoms with van der Waals surface area (Å²) in [7, 11) is 4.43. The fourth-order valence-electron chi connectivity index (χ4n) is 4.23. The summed E-state index contributed by atoms with van der Waals surface area (Å²) in [6.45, 7) is 3.61. The molecule has 9 nitrogen and oxygen atoms in total. The van der Waals surface area contributed by atoms with Gasteiger partial charge in [-0.25, -0.2) is 9.97 Å². The van der Waals surface area contributed by atoms with E-state index in [4.69, 9.17) is 14.2 Å². The van der Waals surface area contributed by atoms with E-state index in [0.29, 0.717) is 38.4 Å². The van der Waals surface area contributed by atoms with E-state index >= 15 is 0 Å². The first-order valence-corrected chi connectivity index (χ1v) is 11.6. The third-order valence-corrected chi connectivity index (χ3v) is 6.84. The summed E-state index contributed by atoms with van der Waals surface area (Å²) >= 11 is 1.20. The van der Waals surface area contributed by atoms with Gasteiger partial charge in [0.25, 0.3) is 0 Å². The second-order valence-corrected chi connectivity index (χ2v) is 9.13. The van der Waals surface area contributed by atoms with Gasteiger partial charge >= 0.3 is 0 Å². The molecule has 0 radical (unpaired) electrons. The van der Waals surface area contributed by atoms with Crippen molar-refractivity contribution in [3.63, 3.8) is 0 Å². The zero-order chi connectivity index (χ0) is 25.3. The zero-order valence-electron chi connectivity index (χ0n) is 20.0. The Morgan fingerprint density at radius 1 is 1.17 bits per heavy atom. The zero-order valence-corrected chi connectivity index (χ0v) is 20.8. The highest BCUT2D eigenvalue weighted by molar-refractivity contribution is 7.14. The Labute approximate surface area is 206 Å². The smallest absolute Gasteiger partial charge is 0.240 e. The van der Waals surface area contributed by atoms with Crippen LogP contribution in [0.3, 0.4) is 0 Å². The van der Waals surface area contributed by atoms with Gasteiger partial charge in [0, 0.05) is 17.2 Å². The number of thiazole rings is 1. The van der Waals surface area contributed by atoms with Crippen LogP contribution in [-0.4, -0.2) is 42.9 Å². The van der Waals surface area contributed by atoms with Crippen LogP contribution < -0.4 is 24.3 Å². The number of hydrogen-bond acceptors (Lipinski definition) is 8. The normalized spacial score (nSPS) is 15.5. The second-order valence-electron chi connectivity index (χ2n) is 7.93. The lowest BCUT2D eigenvalue weighted by Gasteiger charge is -2.28. The summed E-state index contributed by atoms with van der Waals surface area (Å²) in [6, 6.07) is 5.97. The van der Waals surface area contributed by atoms with Crippen molar-refractivity contribution in [2.24, 2.45) is 0 Å². The molecule has 35 heavy (non-hydrogen) atoms. The number of aryl methyl sites for hydroxylation is 2. The molecule has 182 valence electrons. The molecule has 0 bridgehead atoms. The maximum atomic E-state index is 13.7. The SMILES string of the molecule is COc1cc(C2C(C(=O)c3sc(C)nc3C)=C([O-])C(=O)N2Cc2ccc[nH+]c2)cc(OC)c1OC. The molecule has 1 aliphatic heterocycles. The van der Waals surface area contributed by atoms with E-state index in [9.17, 15) is 14.7 Å². The molecule has 1 amide bonds. The average molecular weight is 496 g/mol. The number of ketones is 1. The van der Waals surface area contributed by atoms with Gasteiger partial charge in [-0.05, 0) is 43.4 Å². The van der Waals surface area contributed by atoms with Crippen molar-refractivity contribution in [3.05, 3.63) is 74.7 Å². The fourth-order valence-corrected chi connectivity index (χ4v) is 5.10. The van der Waals surface area contributed by atoms with Gasteiger partial charge in [-0.3, -0.25) is 9.59 Å². The van der Waals surface area contributed by atoms with Crippen LogP contribution in [0.15, 0.2) is 48.0 Å². The summed E-state index contributed by atoms with van der Waals surface area (Å²) in [5, 5.41) is 14.0. The number of nitrogens with one attached hydrogen (secondary N) is 1. The lowest BCUT2D eigenvalue weighted by Crippen LogP contribution is -2.32. The molecule has 3 heterocycles. The van der Waals surface area contributed by atoms with E-state index in [-0.39, 0.29) is 12.1 Å². The van der Waals surface area contributed by atoms with Crippen LogP contribution in [0.4, 0.5) is 0 Å². The minimum Gasteiger partial charge on any atom is -0.868 e. The Hall–Kier alpha value is -3.92. The van der Waals surface area contributed by atoms with E-state index in [1.807, 2.05) is 6.07 Å². The molecule has 0 spiro atoms. The lowest BCUT2D eigenvalue weighted by molar-refractivity contribution is -0.378. The molecule has 1 aliphatic rings. The quantitative estimate of drug-likeness (QED) is 0.440. The lowest BCUT2D eigenvalue weighted by atomic mass is 9.94. The summed E-state index contributed by atoms with van der Waals surface area (Å²) in [5.74, 6) is -1.04. The van der Waals surface area contributed by atoms with Gasteiger partial charge in [0.15, 0.2) is 23.9 Å². The predicted octanol–water partition coefficient (Wildman–Crippen LogP) is 2.18. The molecule has 4 rings (SSSR count). The highest BCUT2D eigenvalue weighted by Crippen LogP contribution is 2.46. The standard InChI is InChI=1S/C25H25N3O6S/c1-13-24(35-14(2)27-13)21(29)19-20(16-9-17(32-3)23(34-5)18(10-16)33-4)28(25(31)22(19)30)12-15-7-6-8-26-11-15/h6-11,20,30H,12H2,1-5H3. The number of Topliss-reactive ketones (excluding diaryl/α,β-unsaturated/α-hetero) is 1. The monoisotopic (exact) mass is 495 g/mol. The number of H-pyrrole nitrogens is 1. The van der Waals surface area contributed by atoms with E-state index in [1.54, 1.807) is 44.4 Å². The third-order valence-electron chi connectivity index (χ3n) is 5.77. The summed E-state index contributed by atoms with van der Waals surface area (Å²) in [4.78, 5) is 36.0. The number of nitrogens with zero attached hydrogens (tertiary/aromatic N) is 2. The van der Waals surface area contributed by atoms with Crippen molar-refractivity contribution < 1.29 is 33.9 Å². The highest BCUT2D eigenvalue weighted by Gasteiger charge is 2.41. The summed E-state index contributed by atoms with van der Waals surface area (Å²) in [5.41, 5.74) is 1.64. The predicted molar refractivity (Wildman–Crippen MR) is 125 cm³/mol. The van der Waals surface area contributed by atoms with Gasteiger partial charge < -0.3 is 24.2 Å². The fraction of sp³-hybridized carbons (Fsp3) is 0.280. The van der Waals surface area contributed by atoms with Gasteiger partial charge in [0.2, 0.25) is 17.4 Å². The molecule has 0 saturated carbocycles. The summed E-state index contributed by atoms with van der Waals surface area (Å²) < 4.78 is 16.4. The molecule has 1 atom stereocenters. The average Bonchev–Trinajstić information content (AvgIpc) is 3.33. The van der Waals surface area contributed by atoms with Crippen molar-refractivity contribution in [2.45, 2.75) is 26.4 Å². The van der Waals surface area contributed by atoms with Crippen LogP contribution >= 0.6 is 11.3 Å². The van der Waals surface area contributed by atoms with Crippen molar-refractivity contribution in [1.29, 1.82) is 0 Å². The van der Waals surface area contributed by atoms with Gasteiger partial charge in [-0.1, -0.05) is 0 Å². The van der Waals surface area contributed by atoms with E-state index < -0.39 is 23.5 Å². The Morgan fingerprint density at radius 2 is 1.86 bits per heavy atom. The van der Waals surface area contributed by atoms with Gasteiger partial charge in [-0.15, -0.1) is 11.3 Å². The first-order chi connectivity index (χ1) is 16.8. The number of pyridine rings is 1. The number of aromatic amines is 1. The number of carbonyl (C=O) groups is 2. The van der Waals surface area contributed by atoms with Crippen molar-refractivity contribution in [2.75, 3.05) is 21.3 Å². The Kier molecular flexibility index (Phi) is 6.74. The van der Waals surface area contributed by atoms with Crippen LogP contribution in [0.25, 0.3) is 0 Å². The minimum absolute atomic E-state index is 0.112. The number of benzene rings is 1. The van der Waals surface area contributed by atoms with Crippen LogP contribution in [0.5, 0.6) is 17.2 Å². The van der Waals surface area contributed by atoms with Crippen LogP contribution in [0.1, 0.15) is 37.5 Å². The molecular formula is C25H25N3O6S. The molecule has 2 aromatic heterocycles. The number of rotatable bonds is 8. The molecule has 1 aromatic carbocycles. The Balaban J connectivity index is 1.90. The number of amides is 1. The van der Waals surface area contributed by atoms with Crippen LogP contribution in [0, 0.1) is 13.8 Å². The number of aromatic nitrogens is 2. The first-order valence-electron chi connectivity index (χ1n) is 10.8. The van der Waals surface area contributed by atoms with Crippen molar-refractivity contribution in [3.8, 4) is 17.2 Å². The molecule has 0 saturated heterocycles. The number of methoxy groups -OCH3 is 3. The van der Waals surface area contributed by atoms with Gasteiger partial charge in [-0.2, -0.15) is 0 Å². The topological polar surface area (TPSA) is 115 Å². The molecule has 10 heteroatoms. The van der Waals surface area contributed by atoms with E-state index in [2.05, 4.69) is 9.97 Å². The van der Waals surface area contributed by atoms with Crippen LogP contribution in [-0.2, 0) is 11.3 Å². The molecule has 1 N–H and O–H groups in total. The van der Waals surface area contributed by atoms with Gasteiger partial charge in [0.05, 0.1) is 49.5 Å². The molecule has 3 aromatic rings.